The fraction of sp³-hybridized carbons (Fsp3) is 0.412. The van der Waals surface area contributed by atoms with E-state index in [0.29, 0.717) is 19.5 Å². The Kier molecular flexibility index (Phi) is 3.63. The van der Waals surface area contributed by atoms with Crippen molar-refractivity contribution in [2.75, 3.05) is 16.3 Å². The molecule has 6 nitrogen and oxygen atoms in total. The third-order valence-corrected chi connectivity index (χ3v) is 4.67. The molecule has 2 aliphatic rings. The van der Waals surface area contributed by atoms with Gasteiger partial charge in [-0.25, -0.2) is 13.6 Å². The highest BCUT2D eigenvalue weighted by atomic mass is 19.1. The summed E-state index contributed by atoms with van der Waals surface area (Å²) in [6.07, 6.45) is 1.57. The summed E-state index contributed by atoms with van der Waals surface area (Å²) in [5.74, 6) is -1.21. The highest BCUT2D eigenvalue weighted by Gasteiger charge is 2.34. The fourth-order valence-electron chi connectivity index (χ4n) is 3.37. The lowest BCUT2D eigenvalue weighted by atomic mass is 10.2. The molecule has 0 unspecified atom stereocenters. The molecule has 1 atom stereocenters. The normalized spacial score (nSPS) is 19.5. The van der Waals surface area contributed by atoms with Gasteiger partial charge < -0.3 is 9.64 Å². The van der Waals surface area contributed by atoms with Crippen molar-refractivity contribution in [3.8, 4) is 0 Å². The van der Waals surface area contributed by atoms with Gasteiger partial charge in [-0.05, 0) is 6.42 Å². The summed E-state index contributed by atoms with van der Waals surface area (Å²) >= 11 is 0. The first-order chi connectivity index (χ1) is 12.0. The van der Waals surface area contributed by atoms with Gasteiger partial charge in [-0.15, -0.1) is 0 Å². The molecule has 0 saturated carbocycles. The summed E-state index contributed by atoms with van der Waals surface area (Å²) in [4.78, 5) is 14.8. The van der Waals surface area contributed by atoms with Crippen molar-refractivity contribution in [2.24, 2.45) is 7.05 Å². The number of hydrogen-bond acceptors (Lipinski definition) is 4. The van der Waals surface area contributed by atoms with Crippen LogP contribution < -0.4 is 9.80 Å². The minimum absolute atomic E-state index is 0.0853. The second-order valence-corrected chi connectivity index (χ2v) is 6.41. The van der Waals surface area contributed by atoms with Crippen LogP contribution in [0.2, 0.25) is 0 Å². The Morgan fingerprint density at radius 1 is 1.24 bits per heavy atom. The maximum absolute atomic E-state index is 14.6. The first-order valence-corrected chi connectivity index (χ1v) is 8.19. The molecule has 2 aliphatic heterocycles. The summed E-state index contributed by atoms with van der Waals surface area (Å²) in [5.41, 5.74) is 1.94. The molecular weight excluding hydrogens is 330 g/mol. The molecule has 1 amide bonds. The van der Waals surface area contributed by atoms with Gasteiger partial charge in [-0.3, -0.25) is 9.58 Å². The summed E-state index contributed by atoms with van der Waals surface area (Å²) in [7, 11) is 1.83. The summed E-state index contributed by atoms with van der Waals surface area (Å²) in [6, 6.07) is 2.21. The van der Waals surface area contributed by atoms with Gasteiger partial charge in [0.25, 0.3) is 0 Å². The number of anilines is 2. The quantitative estimate of drug-likeness (QED) is 0.856. The van der Waals surface area contributed by atoms with Gasteiger partial charge >= 0.3 is 6.09 Å². The topological polar surface area (TPSA) is 50.6 Å². The number of benzene rings is 1. The first kappa shape index (κ1) is 15.9. The van der Waals surface area contributed by atoms with E-state index < -0.39 is 17.7 Å². The average molecular weight is 348 g/mol. The largest absolute Gasteiger partial charge is 0.444 e. The highest BCUT2D eigenvalue weighted by Crippen LogP contribution is 2.34. The van der Waals surface area contributed by atoms with Crippen molar-refractivity contribution in [3.63, 3.8) is 0 Å². The maximum atomic E-state index is 14.6. The molecular formula is C17H18F2N4O2. The SMILES string of the molecule is CC[C@H]1CN(c2cc(F)c(N3Cc4cn(C)nc4C3)cc2F)C(=O)O1. The standard InChI is InChI=1S/C17H18F2N4O2/c1-3-11-8-23(17(24)25-11)16-5-12(18)15(4-13(16)19)22-7-10-6-21(2)20-14(10)9-22/h4-6,11H,3,7-9H2,1-2H3/t11-/m0/s1. The van der Waals surface area contributed by atoms with Crippen molar-refractivity contribution in [1.82, 2.24) is 9.78 Å². The van der Waals surface area contributed by atoms with E-state index in [0.717, 1.165) is 28.3 Å². The van der Waals surface area contributed by atoms with Crippen LogP contribution in [-0.2, 0) is 24.9 Å². The number of aryl methyl sites for hydroxylation is 1. The second kappa shape index (κ2) is 5.72. The van der Waals surface area contributed by atoms with Gasteiger partial charge in [-0.1, -0.05) is 6.92 Å². The Balaban J connectivity index is 1.61. The molecule has 1 aromatic heterocycles. The molecule has 1 aromatic carbocycles. The maximum Gasteiger partial charge on any atom is 0.414 e. The van der Waals surface area contributed by atoms with E-state index >= 15 is 0 Å². The number of rotatable bonds is 3. The van der Waals surface area contributed by atoms with Gasteiger partial charge in [0.15, 0.2) is 0 Å². The van der Waals surface area contributed by atoms with Gasteiger partial charge in [0.2, 0.25) is 0 Å². The first-order valence-electron chi connectivity index (χ1n) is 8.19. The van der Waals surface area contributed by atoms with Crippen molar-refractivity contribution < 1.29 is 18.3 Å². The zero-order valence-corrected chi connectivity index (χ0v) is 14.0. The molecule has 2 aromatic rings. The molecule has 3 heterocycles. The highest BCUT2D eigenvalue weighted by molar-refractivity contribution is 5.90. The zero-order valence-electron chi connectivity index (χ0n) is 14.0. The number of nitrogens with zero attached hydrogens (tertiary/aromatic N) is 4. The molecule has 0 N–H and O–H groups in total. The summed E-state index contributed by atoms with van der Waals surface area (Å²) in [5, 5.41) is 4.32. The third-order valence-electron chi connectivity index (χ3n) is 4.67. The van der Waals surface area contributed by atoms with E-state index in [1.54, 1.807) is 9.58 Å². The minimum atomic E-state index is -0.643. The number of hydrogen-bond donors (Lipinski definition) is 0. The Bertz CT molecular complexity index is 828. The number of carbonyl (C=O) groups is 1. The van der Waals surface area contributed by atoms with E-state index in [9.17, 15) is 13.6 Å². The average Bonchev–Trinajstić information content (AvgIpc) is 3.21. The lowest BCUT2D eigenvalue weighted by Crippen LogP contribution is -2.26. The lowest BCUT2D eigenvalue weighted by molar-refractivity contribution is 0.139. The van der Waals surface area contributed by atoms with Crippen LogP contribution in [0, 0.1) is 11.6 Å². The molecule has 0 bridgehead atoms. The van der Waals surface area contributed by atoms with Crippen molar-refractivity contribution in [1.29, 1.82) is 0 Å². The minimum Gasteiger partial charge on any atom is -0.444 e. The monoisotopic (exact) mass is 348 g/mol. The number of aromatic nitrogens is 2. The molecule has 132 valence electrons. The van der Waals surface area contributed by atoms with Gasteiger partial charge in [0.1, 0.15) is 17.7 Å². The molecule has 8 heteroatoms. The van der Waals surface area contributed by atoms with E-state index in [-0.39, 0.29) is 24.0 Å². The number of carbonyl (C=O) groups excluding carboxylic acids is 1. The van der Waals surface area contributed by atoms with Crippen LogP contribution in [0.5, 0.6) is 0 Å². The Morgan fingerprint density at radius 3 is 2.64 bits per heavy atom. The van der Waals surface area contributed by atoms with E-state index in [1.165, 1.54) is 0 Å². The van der Waals surface area contributed by atoms with Crippen LogP contribution in [0.3, 0.4) is 0 Å². The summed E-state index contributed by atoms with van der Waals surface area (Å²) < 4.78 is 36.1. The number of amides is 1. The predicted octanol–water partition coefficient (Wildman–Crippen LogP) is 2.95. The van der Waals surface area contributed by atoms with Crippen LogP contribution in [0.15, 0.2) is 18.3 Å². The van der Waals surface area contributed by atoms with Crippen molar-refractivity contribution in [2.45, 2.75) is 32.5 Å². The number of halogens is 2. The van der Waals surface area contributed by atoms with Crippen LogP contribution in [0.25, 0.3) is 0 Å². The number of fused-ring (bicyclic) bond motifs is 1. The Hall–Kier alpha value is -2.64. The Morgan fingerprint density at radius 2 is 1.96 bits per heavy atom. The second-order valence-electron chi connectivity index (χ2n) is 6.41. The zero-order chi connectivity index (χ0) is 17.7. The van der Waals surface area contributed by atoms with Gasteiger partial charge in [-0.2, -0.15) is 5.10 Å². The molecule has 0 spiro atoms. The van der Waals surface area contributed by atoms with Crippen molar-refractivity contribution in [3.05, 3.63) is 41.2 Å². The van der Waals surface area contributed by atoms with Gasteiger partial charge in [0.05, 0.1) is 30.2 Å². The molecule has 0 aliphatic carbocycles. The van der Waals surface area contributed by atoms with E-state index in [4.69, 9.17) is 4.74 Å². The summed E-state index contributed by atoms with van der Waals surface area (Å²) in [6.45, 7) is 3.00. The van der Waals surface area contributed by atoms with Crippen LogP contribution in [-0.4, -0.2) is 28.5 Å². The molecule has 1 saturated heterocycles. The lowest BCUT2D eigenvalue weighted by Gasteiger charge is -2.21. The number of cyclic esters (lactones) is 1. The molecule has 1 fully saturated rings. The van der Waals surface area contributed by atoms with Gasteiger partial charge in [0, 0.05) is 37.5 Å². The van der Waals surface area contributed by atoms with E-state index in [2.05, 4.69) is 5.10 Å². The molecule has 0 radical (unpaired) electrons. The van der Waals surface area contributed by atoms with Crippen molar-refractivity contribution >= 4 is 17.5 Å². The third kappa shape index (κ3) is 2.61. The van der Waals surface area contributed by atoms with Crippen LogP contribution >= 0.6 is 0 Å². The van der Waals surface area contributed by atoms with Crippen LogP contribution in [0.4, 0.5) is 25.0 Å². The predicted molar refractivity (Wildman–Crippen MR) is 87.4 cm³/mol. The Labute approximate surface area is 143 Å². The molecule has 25 heavy (non-hydrogen) atoms. The van der Waals surface area contributed by atoms with E-state index in [1.807, 2.05) is 20.2 Å². The smallest absolute Gasteiger partial charge is 0.414 e. The molecule has 4 rings (SSSR count). The van der Waals surface area contributed by atoms with Crippen LogP contribution in [0.1, 0.15) is 24.6 Å². The fourth-order valence-corrected chi connectivity index (χ4v) is 3.37. The number of ether oxygens (including phenoxy) is 1.